The molecule has 1 heterocycles. The van der Waals surface area contributed by atoms with Gasteiger partial charge in [0.1, 0.15) is 10.7 Å². The van der Waals surface area contributed by atoms with Crippen LogP contribution in [0, 0.1) is 11.6 Å². The number of halogens is 2. The van der Waals surface area contributed by atoms with E-state index in [1.54, 1.807) is 12.3 Å². The lowest BCUT2D eigenvalue weighted by Crippen LogP contribution is -2.09. The van der Waals surface area contributed by atoms with Gasteiger partial charge in [0.15, 0.2) is 17.4 Å². The van der Waals surface area contributed by atoms with Crippen LogP contribution in [0.2, 0.25) is 0 Å². The van der Waals surface area contributed by atoms with Crippen LogP contribution in [0.15, 0.2) is 23.6 Å². The summed E-state index contributed by atoms with van der Waals surface area (Å²) in [4.78, 5) is 16.0. The Morgan fingerprint density at radius 1 is 1.47 bits per heavy atom. The molecule has 100 valence electrons. The molecule has 1 aromatic carbocycles. The number of nitrogens with two attached hydrogens (primary N) is 1. The number of Topliss-reactive ketones (excluding diaryl/α,β-unsaturated/α-hetero) is 1. The fraction of sp³-hybridized carbons (Fsp3) is 0.231. The Hall–Kier alpha value is -1.66. The summed E-state index contributed by atoms with van der Waals surface area (Å²) in [5, 5.41) is 2.22. The summed E-state index contributed by atoms with van der Waals surface area (Å²) in [5.41, 5.74) is 5.92. The number of aromatic nitrogens is 1. The predicted molar refractivity (Wildman–Crippen MR) is 69.1 cm³/mol. The first-order valence-corrected chi connectivity index (χ1v) is 6.54. The maximum Gasteiger partial charge on any atom is 0.186 e. The average Bonchev–Trinajstić information content (AvgIpc) is 2.84. The lowest BCUT2D eigenvalue weighted by molar-refractivity contribution is 0.0987. The van der Waals surface area contributed by atoms with E-state index in [0.717, 1.165) is 6.07 Å². The molecule has 1 atom stereocenters. The third-order valence-electron chi connectivity index (χ3n) is 2.58. The monoisotopic (exact) mass is 282 g/mol. The molecule has 0 fully saturated rings. The van der Waals surface area contributed by atoms with Gasteiger partial charge >= 0.3 is 0 Å². The quantitative estimate of drug-likeness (QED) is 0.877. The van der Waals surface area contributed by atoms with Crippen molar-refractivity contribution in [3.05, 3.63) is 51.5 Å². The van der Waals surface area contributed by atoms with E-state index in [1.807, 2.05) is 0 Å². The van der Waals surface area contributed by atoms with Gasteiger partial charge in [0, 0.05) is 11.8 Å². The summed E-state index contributed by atoms with van der Waals surface area (Å²) >= 11 is 1.28. The van der Waals surface area contributed by atoms with Crippen molar-refractivity contribution in [3.63, 3.8) is 0 Å². The maximum atomic E-state index is 13.4. The zero-order valence-corrected chi connectivity index (χ0v) is 11.0. The molecule has 0 aliphatic carbocycles. The fourth-order valence-electron chi connectivity index (χ4n) is 1.57. The molecule has 6 heteroatoms. The molecule has 3 nitrogen and oxygen atoms in total. The van der Waals surface area contributed by atoms with Crippen LogP contribution in [0.3, 0.4) is 0 Å². The third kappa shape index (κ3) is 3.02. The number of benzene rings is 1. The molecule has 2 rings (SSSR count). The Morgan fingerprint density at radius 3 is 2.84 bits per heavy atom. The molecule has 0 aliphatic rings. The van der Waals surface area contributed by atoms with Crippen LogP contribution in [0.1, 0.15) is 34.0 Å². The molecule has 0 aliphatic heterocycles. The lowest BCUT2D eigenvalue weighted by Gasteiger charge is -2.02. The zero-order chi connectivity index (χ0) is 14.0. The average molecular weight is 282 g/mol. The molecule has 0 amide bonds. The van der Waals surface area contributed by atoms with E-state index in [9.17, 15) is 13.6 Å². The number of ketones is 1. The summed E-state index contributed by atoms with van der Waals surface area (Å²) in [6.07, 6.45) is -0.217. The van der Waals surface area contributed by atoms with E-state index in [4.69, 9.17) is 5.73 Å². The van der Waals surface area contributed by atoms with E-state index < -0.39 is 11.6 Å². The molecule has 0 saturated carbocycles. The minimum absolute atomic E-state index is 0.0281. The van der Waals surface area contributed by atoms with Crippen LogP contribution >= 0.6 is 11.3 Å². The van der Waals surface area contributed by atoms with E-state index in [-0.39, 0.29) is 29.5 Å². The number of nitrogens with zero attached hydrogens (tertiary/aromatic N) is 1. The third-order valence-corrected chi connectivity index (χ3v) is 3.63. The van der Waals surface area contributed by atoms with Crippen molar-refractivity contribution in [1.29, 1.82) is 0 Å². The highest BCUT2D eigenvalue weighted by atomic mass is 32.1. The number of hydrogen-bond acceptors (Lipinski definition) is 4. The Bertz CT molecular complexity index is 610. The van der Waals surface area contributed by atoms with Crippen LogP contribution in [-0.2, 0) is 6.42 Å². The Morgan fingerprint density at radius 2 is 2.21 bits per heavy atom. The molecule has 1 aromatic heterocycles. The molecule has 0 radical (unpaired) electrons. The van der Waals surface area contributed by atoms with E-state index >= 15 is 0 Å². The van der Waals surface area contributed by atoms with E-state index in [2.05, 4.69) is 4.98 Å². The van der Waals surface area contributed by atoms with Gasteiger partial charge in [-0.15, -0.1) is 11.3 Å². The summed E-state index contributed by atoms with van der Waals surface area (Å²) in [6, 6.07) is 3.52. The van der Waals surface area contributed by atoms with Crippen molar-refractivity contribution >= 4 is 17.1 Å². The van der Waals surface area contributed by atoms with Crippen LogP contribution in [0.5, 0.6) is 0 Å². The van der Waals surface area contributed by atoms with Crippen LogP contribution < -0.4 is 5.73 Å². The standard InChI is InChI=1S/C13H12F2N2OS/c1-7(16)13-17-10(6-19-13)11(18)5-8-3-2-4-9(14)12(8)15/h2-4,6-7H,5,16H2,1H3. The van der Waals surface area contributed by atoms with Crippen molar-refractivity contribution in [2.24, 2.45) is 5.73 Å². The van der Waals surface area contributed by atoms with Gasteiger partial charge in [0.05, 0.1) is 6.04 Å². The lowest BCUT2D eigenvalue weighted by atomic mass is 10.1. The van der Waals surface area contributed by atoms with Gasteiger partial charge in [-0.1, -0.05) is 12.1 Å². The molecule has 0 saturated heterocycles. The van der Waals surface area contributed by atoms with E-state index in [0.29, 0.717) is 5.01 Å². The van der Waals surface area contributed by atoms with Gasteiger partial charge < -0.3 is 5.73 Å². The topological polar surface area (TPSA) is 56.0 Å². The summed E-state index contributed by atoms with van der Waals surface area (Å²) in [5.74, 6) is -2.30. The maximum absolute atomic E-state index is 13.4. The second kappa shape index (κ2) is 5.54. The molecule has 2 aromatic rings. The highest BCUT2D eigenvalue weighted by molar-refractivity contribution is 7.09. The number of carbonyl (C=O) groups excluding carboxylic acids is 1. The normalized spacial score (nSPS) is 12.4. The van der Waals surface area contributed by atoms with Crippen molar-refractivity contribution in [1.82, 2.24) is 4.98 Å². The minimum Gasteiger partial charge on any atom is -0.322 e. The van der Waals surface area contributed by atoms with Crippen molar-refractivity contribution in [2.75, 3.05) is 0 Å². The van der Waals surface area contributed by atoms with Crippen LogP contribution in [0.4, 0.5) is 8.78 Å². The van der Waals surface area contributed by atoms with Gasteiger partial charge in [0.25, 0.3) is 0 Å². The van der Waals surface area contributed by atoms with Crippen LogP contribution in [-0.4, -0.2) is 10.8 Å². The first kappa shape index (κ1) is 13.8. The highest BCUT2D eigenvalue weighted by Crippen LogP contribution is 2.18. The molecular weight excluding hydrogens is 270 g/mol. The molecular formula is C13H12F2N2OS. The number of hydrogen-bond donors (Lipinski definition) is 1. The number of carbonyl (C=O) groups is 1. The van der Waals surface area contributed by atoms with Crippen molar-refractivity contribution in [2.45, 2.75) is 19.4 Å². The van der Waals surface area contributed by atoms with E-state index in [1.165, 1.54) is 23.5 Å². The summed E-state index contributed by atoms with van der Waals surface area (Å²) < 4.78 is 26.5. The Labute approximate surface area is 113 Å². The Kier molecular flexibility index (Phi) is 4.01. The number of thiazole rings is 1. The van der Waals surface area contributed by atoms with Gasteiger partial charge in [-0.2, -0.15) is 0 Å². The molecule has 1 unspecified atom stereocenters. The fourth-order valence-corrected chi connectivity index (χ4v) is 2.36. The second-order valence-corrected chi connectivity index (χ2v) is 5.06. The minimum atomic E-state index is -0.988. The summed E-state index contributed by atoms with van der Waals surface area (Å²) in [7, 11) is 0. The van der Waals surface area contributed by atoms with Crippen molar-refractivity contribution in [3.8, 4) is 0 Å². The van der Waals surface area contributed by atoms with Gasteiger partial charge in [-0.25, -0.2) is 13.8 Å². The largest absolute Gasteiger partial charge is 0.322 e. The Balaban J connectivity index is 2.18. The highest BCUT2D eigenvalue weighted by Gasteiger charge is 2.16. The molecule has 19 heavy (non-hydrogen) atoms. The summed E-state index contributed by atoms with van der Waals surface area (Å²) in [6.45, 7) is 1.76. The SMILES string of the molecule is CC(N)c1nc(C(=O)Cc2cccc(F)c2F)cs1. The number of rotatable bonds is 4. The van der Waals surface area contributed by atoms with Crippen LogP contribution in [0.25, 0.3) is 0 Å². The first-order chi connectivity index (χ1) is 8.99. The smallest absolute Gasteiger partial charge is 0.186 e. The zero-order valence-electron chi connectivity index (χ0n) is 10.2. The molecule has 2 N–H and O–H groups in total. The first-order valence-electron chi connectivity index (χ1n) is 5.66. The molecule has 0 bridgehead atoms. The van der Waals surface area contributed by atoms with Gasteiger partial charge in [-0.3, -0.25) is 4.79 Å². The van der Waals surface area contributed by atoms with Gasteiger partial charge in [0.2, 0.25) is 0 Å². The van der Waals surface area contributed by atoms with Crippen molar-refractivity contribution < 1.29 is 13.6 Å². The predicted octanol–water partition coefficient (Wildman–Crippen LogP) is 2.87. The second-order valence-electron chi connectivity index (χ2n) is 4.17. The molecule has 0 spiro atoms. The van der Waals surface area contributed by atoms with Gasteiger partial charge in [-0.05, 0) is 18.6 Å².